The Kier molecular flexibility index (Phi) is 6.56. The third-order valence-corrected chi connectivity index (χ3v) is 4.87. The molecule has 1 aliphatic heterocycles. The predicted octanol–water partition coefficient (Wildman–Crippen LogP) is 3.08. The number of rotatable bonds is 8. The molecule has 26 heavy (non-hydrogen) atoms. The summed E-state index contributed by atoms with van der Waals surface area (Å²) in [5.74, 6) is 0.0806. The lowest BCUT2D eigenvalue weighted by Crippen LogP contribution is -2.44. The van der Waals surface area contributed by atoms with E-state index in [0.717, 1.165) is 32.2 Å². The molecule has 1 N–H and O–H groups in total. The van der Waals surface area contributed by atoms with Crippen molar-refractivity contribution >= 4 is 11.7 Å². The monoisotopic (exact) mass is 350 g/mol. The predicted molar refractivity (Wildman–Crippen MR) is 103 cm³/mol. The van der Waals surface area contributed by atoms with E-state index in [1.165, 1.54) is 5.56 Å². The number of likely N-dealkylation sites (tertiary alicyclic amines) is 1. The van der Waals surface area contributed by atoms with Crippen LogP contribution < -0.4 is 5.32 Å². The molecule has 136 valence electrons. The highest BCUT2D eigenvalue weighted by atomic mass is 16.2. The van der Waals surface area contributed by atoms with Crippen molar-refractivity contribution < 1.29 is 9.59 Å². The van der Waals surface area contributed by atoms with Gasteiger partial charge in [0.1, 0.15) is 0 Å². The summed E-state index contributed by atoms with van der Waals surface area (Å²) < 4.78 is 0. The Bertz CT molecular complexity index is 715. The molecule has 3 rings (SSSR count). The molecule has 0 spiro atoms. The quantitative estimate of drug-likeness (QED) is 0.745. The number of hydrogen-bond acceptors (Lipinski definition) is 3. The van der Waals surface area contributed by atoms with E-state index < -0.39 is 0 Å². The van der Waals surface area contributed by atoms with Gasteiger partial charge in [0.2, 0.25) is 0 Å². The van der Waals surface area contributed by atoms with Gasteiger partial charge in [-0.3, -0.25) is 9.59 Å². The van der Waals surface area contributed by atoms with Gasteiger partial charge in [-0.1, -0.05) is 48.5 Å². The fourth-order valence-electron chi connectivity index (χ4n) is 3.48. The molecule has 0 aliphatic carbocycles. The summed E-state index contributed by atoms with van der Waals surface area (Å²) in [4.78, 5) is 27.0. The Hall–Kier alpha value is -2.46. The van der Waals surface area contributed by atoms with Crippen LogP contribution in [0.5, 0.6) is 0 Å². The highest BCUT2D eigenvalue weighted by Crippen LogP contribution is 2.20. The number of amides is 1. The lowest BCUT2D eigenvalue weighted by Gasteiger charge is -2.24. The molecule has 1 saturated heterocycles. The van der Waals surface area contributed by atoms with Crippen LogP contribution in [0, 0.1) is 0 Å². The Morgan fingerprint density at radius 3 is 2.42 bits per heavy atom. The van der Waals surface area contributed by atoms with E-state index in [9.17, 15) is 9.59 Å². The van der Waals surface area contributed by atoms with Gasteiger partial charge in [0.25, 0.3) is 5.91 Å². The molecule has 0 bridgehead atoms. The molecule has 0 saturated carbocycles. The van der Waals surface area contributed by atoms with Crippen molar-refractivity contribution in [2.45, 2.75) is 31.7 Å². The van der Waals surface area contributed by atoms with Gasteiger partial charge in [-0.25, -0.2) is 0 Å². The standard InChI is InChI=1S/C22H26N2O2/c25-21(17-23-15-7-11-18-9-3-1-4-10-18)20-14-8-16-24(20)22(26)19-12-5-2-6-13-19/h1-6,9-10,12-13,20,23H,7-8,11,14-17H2/t20-/m0/s1. The molecule has 1 fully saturated rings. The van der Waals surface area contributed by atoms with Gasteiger partial charge >= 0.3 is 0 Å². The lowest BCUT2D eigenvalue weighted by molar-refractivity contribution is -0.121. The second-order valence-corrected chi connectivity index (χ2v) is 6.75. The molecule has 4 nitrogen and oxygen atoms in total. The summed E-state index contributed by atoms with van der Waals surface area (Å²) in [6.45, 7) is 1.80. The van der Waals surface area contributed by atoms with Crippen molar-refractivity contribution in [2.24, 2.45) is 0 Å². The largest absolute Gasteiger partial charge is 0.329 e. The maximum atomic E-state index is 12.6. The van der Waals surface area contributed by atoms with Gasteiger partial charge in [0.15, 0.2) is 5.78 Å². The average molecular weight is 350 g/mol. The number of ketones is 1. The zero-order chi connectivity index (χ0) is 18.2. The van der Waals surface area contributed by atoms with Crippen LogP contribution in [0.4, 0.5) is 0 Å². The number of carbonyl (C=O) groups is 2. The third-order valence-electron chi connectivity index (χ3n) is 4.87. The Morgan fingerprint density at radius 2 is 1.69 bits per heavy atom. The van der Waals surface area contributed by atoms with Crippen LogP contribution in [-0.4, -0.2) is 42.3 Å². The summed E-state index contributed by atoms with van der Waals surface area (Å²) in [5.41, 5.74) is 1.97. The minimum atomic E-state index is -0.288. The van der Waals surface area contributed by atoms with Gasteiger partial charge in [-0.2, -0.15) is 0 Å². The van der Waals surface area contributed by atoms with Crippen LogP contribution in [0.3, 0.4) is 0 Å². The van der Waals surface area contributed by atoms with Crippen LogP contribution in [0.25, 0.3) is 0 Å². The Labute approximate surface area is 155 Å². The molecule has 0 aromatic heterocycles. The lowest BCUT2D eigenvalue weighted by atomic mass is 10.1. The van der Waals surface area contributed by atoms with E-state index >= 15 is 0 Å². The molecule has 0 radical (unpaired) electrons. The van der Waals surface area contributed by atoms with E-state index in [-0.39, 0.29) is 17.7 Å². The zero-order valence-electron chi connectivity index (χ0n) is 15.1. The summed E-state index contributed by atoms with van der Waals surface area (Å²) in [6.07, 6.45) is 3.66. The fraction of sp³-hybridized carbons (Fsp3) is 0.364. The number of benzene rings is 2. The van der Waals surface area contributed by atoms with E-state index in [1.54, 1.807) is 4.90 Å². The molecular formula is C22H26N2O2. The SMILES string of the molecule is O=C(CNCCCc1ccccc1)[C@@H]1CCCN1C(=O)c1ccccc1. The number of nitrogens with zero attached hydrogens (tertiary/aromatic N) is 1. The molecule has 1 aliphatic rings. The van der Waals surface area contributed by atoms with Crippen molar-refractivity contribution in [3.05, 3.63) is 71.8 Å². The van der Waals surface area contributed by atoms with Crippen molar-refractivity contribution in [1.29, 1.82) is 0 Å². The zero-order valence-corrected chi connectivity index (χ0v) is 15.1. The minimum absolute atomic E-state index is 0.0365. The highest BCUT2D eigenvalue weighted by molar-refractivity contribution is 5.98. The first-order valence-electron chi connectivity index (χ1n) is 9.39. The molecule has 0 unspecified atom stereocenters. The van der Waals surface area contributed by atoms with Gasteiger partial charge < -0.3 is 10.2 Å². The topological polar surface area (TPSA) is 49.4 Å². The highest BCUT2D eigenvalue weighted by Gasteiger charge is 2.33. The number of aryl methyl sites for hydroxylation is 1. The van der Waals surface area contributed by atoms with Crippen molar-refractivity contribution in [3.8, 4) is 0 Å². The maximum Gasteiger partial charge on any atom is 0.254 e. The van der Waals surface area contributed by atoms with Crippen LogP contribution >= 0.6 is 0 Å². The molecule has 1 amide bonds. The van der Waals surface area contributed by atoms with Crippen LogP contribution in [0.2, 0.25) is 0 Å². The van der Waals surface area contributed by atoms with Crippen LogP contribution in [0.15, 0.2) is 60.7 Å². The number of carbonyl (C=O) groups excluding carboxylic acids is 2. The van der Waals surface area contributed by atoms with E-state index in [2.05, 4.69) is 17.4 Å². The van der Waals surface area contributed by atoms with Gasteiger partial charge in [0.05, 0.1) is 12.6 Å². The summed E-state index contributed by atoms with van der Waals surface area (Å²) >= 11 is 0. The van der Waals surface area contributed by atoms with Crippen LogP contribution in [0.1, 0.15) is 35.2 Å². The Morgan fingerprint density at radius 1 is 1.00 bits per heavy atom. The number of hydrogen-bond donors (Lipinski definition) is 1. The maximum absolute atomic E-state index is 12.6. The average Bonchev–Trinajstić information content (AvgIpc) is 3.18. The normalized spacial score (nSPS) is 16.6. The Balaban J connectivity index is 1.44. The first-order chi connectivity index (χ1) is 12.8. The molecule has 1 atom stereocenters. The number of Topliss-reactive ketones (excluding diaryl/α,β-unsaturated/α-hetero) is 1. The smallest absolute Gasteiger partial charge is 0.254 e. The first-order valence-corrected chi connectivity index (χ1v) is 9.39. The molecular weight excluding hydrogens is 324 g/mol. The second kappa shape index (κ2) is 9.30. The van der Waals surface area contributed by atoms with E-state index in [1.807, 2.05) is 48.5 Å². The molecule has 4 heteroatoms. The summed E-state index contributed by atoms with van der Waals surface area (Å²) in [5, 5.41) is 3.24. The third kappa shape index (κ3) is 4.79. The van der Waals surface area contributed by atoms with Gasteiger partial charge in [-0.15, -0.1) is 0 Å². The van der Waals surface area contributed by atoms with Crippen LogP contribution in [-0.2, 0) is 11.2 Å². The fourth-order valence-corrected chi connectivity index (χ4v) is 3.48. The number of nitrogens with one attached hydrogen (secondary N) is 1. The van der Waals surface area contributed by atoms with E-state index in [4.69, 9.17) is 0 Å². The van der Waals surface area contributed by atoms with Crippen molar-refractivity contribution in [3.63, 3.8) is 0 Å². The first kappa shape index (κ1) is 18.3. The summed E-state index contributed by atoms with van der Waals surface area (Å²) in [7, 11) is 0. The van der Waals surface area contributed by atoms with Gasteiger partial charge in [-0.05, 0) is 49.9 Å². The minimum Gasteiger partial charge on any atom is -0.329 e. The second-order valence-electron chi connectivity index (χ2n) is 6.75. The van der Waals surface area contributed by atoms with Crippen molar-refractivity contribution in [1.82, 2.24) is 10.2 Å². The summed E-state index contributed by atoms with van der Waals surface area (Å²) in [6, 6.07) is 19.3. The molecule has 2 aromatic rings. The van der Waals surface area contributed by atoms with E-state index in [0.29, 0.717) is 18.7 Å². The van der Waals surface area contributed by atoms with Gasteiger partial charge in [0, 0.05) is 12.1 Å². The molecule has 1 heterocycles. The van der Waals surface area contributed by atoms with Crippen molar-refractivity contribution in [2.75, 3.05) is 19.6 Å². The molecule has 2 aromatic carbocycles.